The zero-order chi connectivity index (χ0) is 20.8. The first-order chi connectivity index (χ1) is 14.7. The molecule has 0 saturated carbocycles. The maximum absolute atomic E-state index is 9.81. The molecule has 3 aromatic carbocycles. The van der Waals surface area contributed by atoms with E-state index >= 15 is 0 Å². The number of aromatic nitrogens is 2. The first-order valence-electron chi connectivity index (χ1n) is 9.12. The van der Waals surface area contributed by atoms with Crippen LogP contribution in [0, 0.1) is 0 Å². The van der Waals surface area contributed by atoms with E-state index in [-0.39, 0.29) is 11.5 Å². The van der Waals surface area contributed by atoms with Crippen LogP contribution in [0.5, 0.6) is 11.5 Å². The topological polar surface area (TPSA) is 115 Å². The second kappa shape index (κ2) is 8.70. The van der Waals surface area contributed by atoms with Gasteiger partial charge in [0.25, 0.3) is 0 Å². The maximum Gasteiger partial charge on any atom is 0.176 e. The quantitative estimate of drug-likeness (QED) is 0.289. The summed E-state index contributed by atoms with van der Waals surface area (Å²) in [6.07, 6.45) is 3.02. The van der Waals surface area contributed by atoms with E-state index in [9.17, 15) is 10.2 Å². The standard InChI is InChI=1S/C22H18N6O2/c29-19-11-5-1-7-15(19)13-23-25-21-17-9-3-4-10-18(17)22(28-27-21)26-24-14-16-8-2-6-12-20(16)30/h1-14,29-30H,(H,25,27)(H,26,28). The third kappa shape index (κ3) is 4.17. The van der Waals surface area contributed by atoms with Crippen LogP contribution in [0.3, 0.4) is 0 Å². The minimum absolute atomic E-state index is 0.140. The van der Waals surface area contributed by atoms with Crippen molar-refractivity contribution in [2.75, 3.05) is 10.9 Å². The van der Waals surface area contributed by atoms with E-state index in [2.05, 4.69) is 31.3 Å². The molecule has 148 valence electrons. The van der Waals surface area contributed by atoms with Gasteiger partial charge >= 0.3 is 0 Å². The van der Waals surface area contributed by atoms with E-state index in [1.54, 1.807) is 36.4 Å². The van der Waals surface area contributed by atoms with E-state index in [1.165, 1.54) is 12.4 Å². The van der Waals surface area contributed by atoms with Gasteiger partial charge in [-0.15, -0.1) is 10.2 Å². The summed E-state index contributed by atoms with van der Waals surface area (Å²) >= 11 is 0. The number of nitrogens with one attached hydrogen (secondary N) is 2. The number of phenols is 2. The van der Waals surface area contributed by atoms with Crippen molar-refractivity contribution in [1.82, 2.24) is 10.2 Å². The lowest BCUT2D eigenvalue weighted by atomic mass is 10.2. The maximum atomic E-state index is 9.81. The van der Waals surface area contributed by atoms with Gasteiger partial charge in [-0.05, 0) is 24.3 Å². The van der Waals surface area contributed by atoms with Crippen LogP contribution in [0.2, 0.25) is 0 Å². The monoisotopic (exact) mass is 398 g/mol. The summed E-state index contributed by atoms with van der Waals surface area (Å²) in [7, 11) is 0. The fourth-order valence-electron chi connectivity index (χ4n) is 2.79. The van der Waals surface area contributed by atoms with Crippen LogP contribution in [0.15, 0.2) is 83.0 Å². The van der Waals surface area contributed by atoms with Crippen molar-refractivity contribution >= 4 is 34.8 Å². The predicted molar refractivity (Wildman–Crippen MR) is 118 cm³/mol. The lowest BCUT2D eigenvalue weighted by Gasteiger charge is -2.08. The van der Waals surface area contributed by atoms with E-state index in [1.807, 2.05) is 36.4 Å². The fourth-order valence-corrected chi connectivity index (χ4v) is 2.79. The average Bonchev–Trinajstić information content (AvgIpc) is 2.77. The highest BCUT2D eigenvalue weighted by atomic mass is 16.3. The molecular weight excluding hydrogens is 380 g/mol. The first-order valence-corrected chi connectivity index (χ1v) is 9.12. The number of benzene rings is 3. The molecule has 1 heterocycles. The first kappa shape index (κ1) is 18.9. The zero-order valence-electron chi connectivity index (χ0n) is 15.8. The molecule has 4 rings (SSSR count). The second-order valence-electron chi connectivity index (χ2n) is 6.30. The minimum atomic E-state index is 0.140. The number of hydrogen-bond donors (Lipinski definition) is 4. The van der Waals surface area contributed by atoms with Gasteiger partial charge in [0, 0.05) is 21.9 Å². The normalized spacial score (nSPS) is 11.3. The van der Waals surface area contributed by atoms with Crippen LogP contribution in [-0.4, -0.2) is 32.8 Å². The van der Waals surface area contributed by atoms with Crippen molar-refractivity contribution in [2.24, 2.45) is 10.2 Å². The number of phenolic OH excluding ortho intramolecular Hbond substituents is 2. The predicted octanol–water partition coefficient (Wildman–Crippen LogP) is 3.93. The van der Waals surface area contributed by atoms with Crippen molar-refractivity contribution in [3.63, 3.8) is 0 Å². The minimum Gasteiger partial charge on any atom is -0.507 e. The van der Waals surface area contributed by atoms with E-state index < -0.39 is 0 Å². The molecule has 0 aliphatic carbocycles. The second-order valence-corrected chi connectivity index (χ2v) is 6.30. The molecule has 4 aromatic rings. The van der Waals surface area contributed by atoms with Crippen LogP contribution in [-0.2, 0) is 0 Å². The van der Waals surface area contributed by atoms with Gasteiger partial charge in [-0.25, -0.2) is 0 Å². The van der Waals surface area contributed by atoms with Gasteiger partial charge in [-0.1, -0.05) is 48.5 Å². The van der Waals surface area contributed by atoms with Gasteiger partial charge in [0.1, 0.15) is 11.5 Å². The molecule has 8 heteroatoms. The van der Waals surface area contributed by atoms with E-state index in [0.29, 0.717) is 22.8 Å². The van der Waals surface area contributed by atoms with Crippen LogP contribution < -0.4 is 10.9 Å². The molecule has 0 atom stereocenters. The van der Waals surface area contributed by atoms with Gasteiger partial charge in [0.2, 0.25) is 0 Å². The molecule has 8 nitrogen and oxygen atoms in total. The Hall–Kier alpha value is -4.46. The Balaban J connectivity index is 1.56. The van der Waals surface area contributed by atoms with E-state index in [0.717, 1.165) is 10.8 Å². The van der Waals surface area contributed by atoms with E-state index in [4.69, 9.17) is 0 Å². The number of hydrazone groups is 2. The molecule has 0 unspecified atom stereocenters. The van der Waals surface area contributed by atoms with Gasteiger partial charge in [-0.3, -0.25) is 10.9 Å². The summed E-state index contributed by atoms with van der Waals surface area (Å²) < 4.78 is 0. The molecule has 0 saturated heterocycles. The molecular formula is C22H18N6O2. The van der Waals surface area contributed by atoms with Crippen molar-refractivity contribution < 1.29 is 10.2 Å². The Kier molecular flexibility index (Phi) is 5.47. The third-order valence-electron chi connectivity index (χ3n) is 4.31. The summed E-state index contributed by atoms with van der Waals surface area (Å²) in [5, 5.41) is 37.9. The molecule has 4 N–H and O–H groups in total. The average molecular weight is 398 g/mol. The summed E-state index contributed by atoms with van der Waals surface area (Å²) in [4.78, 5) is 0. The number of anilines is 2. The smallest absolute Gasteiger partial charge is 0.176 e. The van der Waals surface area contributed by atoms with Gasteiger partial charge < -0.3 is 10.2 Å². The highest BCUT2D eigenvalue weighted by Crippen LogP contribution is 2.26. The van der Waals surface area contributed by atoms with Gasteiger partial charge in [0.15, 0.2) is 11.6 Å². The summed E-state index contributed by atoms with van der Waals surface area (Å²) in [5.41, 5.74) is 6.90. The Labute approximate surface area is 172 Å². The number of hydrogen-bond acceptors (Lipinski definition) is 8. The van der Waals surface area contributed by atoms with Crippen molar-refractivity contribution in [2.45, 2.75) is 0 Å². The molecule has 0 amide bonds. The van der Waals surface area contributed by atoms with Gasteiger partial charge in [-0.2, -0.15) is 10.2 Å². The highest BCUT2D eigenvalue weighted by Gasteiger charge is 2.08. The molecule has 0 aliphatic heterocycles. The Morgan fingerprint density at radius 3 is 1.43 bits per heavy atom. The number of para-hydroxylation sites is 2. The Bertz CT molecular complexity index is 1140. The molecule has 0 fully saturated rings. The van der Waals surface area contributed by atoms with Crippen molar-refractivity contribution in [3.05, 3.63) is 83.9 Å². The fraction of sp³-hybridized carbons (Fsp3) is 0. The van der Waals surface area contributed by atoms with Crippen LogP contribution >= 0.6 is 0 Å². The lowest BCUT2D eigenvalue weighted by molar-refractivity contribution is 0.474. The molecule has 0 radical (unpaired) electrons. The van der Waals surface area contributed by atoms with Crippen LogP contribution in [0.1, 0.15) is 11.1 Å². The van der Waals surface area contributed by atoms with Crippen LogP contribution in [0.4, 0.5) is 11.6 Å². The SMILES string of the molecule is Oc1ccccc1C=NNc1nnc(NN=Cc2ccccc2O)c2ccccc12. The molecule has 0 aliphatic rings. The molecule has 1 aromatic heterocycles. The zero-order valence-corrected chi connectivity index (χ0v) is 15.8. The molecule has 30 heavy (non-hydrogen) atoms. The summed E-state index contributed by atoms with van der Waals surface area (Å²) in [6.45, 7) is 0. The third-order valence-corrected chi connectivity index (χ3v) is 4.31. The number of fused-ring (bicyclic) bond motifs is 1. The Morgan fingerprint density at radius 1 is 0.600 bits per heavy atom. The number of rotatable bonds is 6. The molecule has 0 spiro atoms. The largest absolute Gasteiger partial charge is 0.507 e. The number of nitrogens with zero attached hydrogens (tertiary/aromatic N) is 4. The number of aromatic hydroxyl groups is 2. The van der Waals surface area contributed by atoms with Crippen molar-refractivity contribution in [3.8, 4) is 11.5 Å². The summed E-state index contributed by atoms with van der Waals surface area (Å²) in [6, 6.07) is 21.3. The van der Waals surface area contributed by atoms with Gasteiger partial charge in [0.05, 0.1) is 12.4 Å². The van der Waals surface area contributed by atoms with Crippen molar-refractivity contribution in [1.29, 1.82) is 0 Å². The lowest BCUT2D eigenvalue weighted by Crippen LogP contribution is -2.01. The molecule has 0 bridgehead atoms. The summed E-state index contributed by atoms with van der Waals surface area (Å²) in [5.74, 6) is 1.21. The van der Waals surface area contributed by atoms with Crippen LogP contribution in [0.25, 0.3) is 10.8 Å². The highest BCUT2D eigenvalue weighted by molar-refractivity contribution is 5.98. The Morgan fingerprint density at radius 2 is 1.00 bits per heavy atom.